The molecule has 0 aliphatic carbocycles. The number of hydrogen-bond donors (Lipinski definition) is 0. The van der Waals surface area contributed by atoms with Gasteiger partial charge < -0.3 is 14.2 Å². The number of carbonyl (C=O) groups is 1. The highest BCUT2D eigenvalue weighted by atomic mass is 35.5. The minimum absolute atomic E-state index is 0.0145. The van der Waals surface area contributed by atoms with E-state index in [0.29, 0.717) is 34.4 Å². The molecule has 0 aliphatic rings. The number of rotatable bonds is 7. The monoisotopic (exact) mass is 414 g/mol. The van der Waals surface area contributed by atoms with Crippen molar-refractivity contribution in [2.24, 2.45) is 0 Å². The molecule has 0 unspecified atom stereocenters. The van der Waals surface area contributed by atoms with E-state index in [4.69, 9.17) is 31.1 Å². The zero-order valence-electron chi connectivity index (χ0n) is 14.8. The first-order valence-corrected chi connectivity index (χ1v) is 9.43. The van der Waals surface area contributed by atoms with Gasteiger partial charge in [-0.3, -0.25) is 4.79 Å². The molecule has 0 saturated heterocycles. The Labute approximate surface area is 170 Å². The van der Waals surface area contributed by atoms with Crippen LogP contribution in [-0.4, -0.2) is 18.1 Å². The van der Waals surface area contributed by atoms with Gasteiger partial charge in [0.2, 0.25) is 0 Å². The summed E-state index contributed by atoms with van der Waals surface area (Å²) in [5, 5.41) is 12.1. The van der Waals surface area contributed by atoms with Crippen LogP contribution in [0.5, 0.6) is 17.2 Å². The fourth-order valence-electron chi connectivity index (χ4n) is 2.30. The summed E-state index contributed by atoms with van der Waals surface area (Å²) in [7, 11) is 1.45. The normalized spacial score (nSPS) is 10.2. The number of aromatic nitrogens is 1. The van der Waals surface area contributed by atoms with Gasteiger partial charge in [0.1, 0.15) is 17.4 Å². The first kappa shape index (κ1) is 19.7. The number of ether oxygens (including phenoxy) is 3. The Balaban J connectivity index is 1.56. The van der Waals surface area contributed by atoms with Gasteiger partial charge in [0.25, 0.3) is 0 Å². The standard InChI is InChI=1S/C20H15ClN2O4S/c1-25-18-8-13(10-22)2-7-17(18)27-20(24)9-15-12-28-19(23-15)11-26-16-5-3-14(21)4-6-16/h2-8,12H,9,11H2,1H3. The van der Waals surface area contributed by atoms with Gasteiger partial charge in [0.15, 0.2) is 11.5 Å². The Bertz CT molecular complexity index is 1010. The molecule has 6 nitrogen and oxygen atoms in total. The topological polar surface area (TPSA) is 81.4 Å². The second-order valence-electron chi connectivity index (χ2n) is 5.60. The highest BCUT2D eigenvalue weighted by Crippen LogP contribution is 2.28. The molecule has 0 bridgehead atoms. The van der Waals surface area contributed by atoms with Crippen molar-refractivity contribution in [2.45, 2.75) is 13.0 Å². The first-order chi connectivity index (χ1) is 13.6. The molecule has 8 heteroatoms. The minimum Gasteiger partial charge on any atom is -0.493 e. The molecular formula is C20H15ClN2O4S. The zero-order valence-corrected chi connectivity index (χ0v) is 16.4. The predicted molar refractivity (Wildman–Crippen MR) is 105 cm³/mol. The zero-order chi connectivity index (χ0) is 19.9. The number of nitrogens with zero attached hydrogens (tertiary/aromatic N) is 2. The molecule has 3 aromatic rings. The Kier molecular flexibility index (Phi) is 6.48. The maximum atomic E-state index is 12.2. The molecule has 0 fully saturated rings. The van der Waals surface area contributed by atoms with Crippen LogP contribution in [0.25, 0.3) is 0 Å². The molecular weight excluding hydrogens is 400 g/mol. The second-order valence-corrected chi connectivity index (χ2v) is 6.98. The number of halogens is 1. The van der Waals surface area contributed by atoms with Crippen LogP contribution in [0.15, 0.2) is 47.8 Å². The molecule has 3 rings (SSSR count). The number of benzene rings is 2. The lowest BCUT2D eigenvalue weighted by atomic mass is 10.2. The van der Waals surface area contributed by atoms with E-state index in [1.165, 1.54) is 30.6 Å². The van der Waals surface area contributed by atoms with Crippen molar-refractivity contribution in [3.05, 3.63) is 69.1 Å². The summed E-state index contributed by atoms with van der Waals surface area (Å²) in [5.74, 6) is 0.794. The third-order valence-corrected chi connectivity index (χ3v) is 4.74. The van der Waals surface area contributed by atoms with Crippen LogP contribution in [-0.2, 0) is 17.8 Å². The van der Waals surface area contributed by atoms with Crippen molar-refractivity contribution in [3.63, 3.8) is 0 Å². The number of thiazole rings is 1. The maximum absolute atomic E-state index is 12.2. The lowest BCUT2D eigenvalue weighted by Crippen LogP contribution is -2.12. The van der Waals surface area contributed by atoms with E-state index >= 15 is 0 Å². The van der Waals surface area contributed by atoms with Gasteiger partial charge in [-0.2, -0.15) is 5.26 Å². The van der Waals surface area contributed by atoms with E-state index in [0.717, 1.165) is 5.01 Å². The maximum Gasteiger partial charge on any atom is 0.317 e. The average Bonchev–Trinajstić information content (AvgIpc) is 3.15. The largest absolute Gasteiger partial charge is 0.493 e. The molecule has 0 spiro atoms. The Hall–Kier alpha value is -3.08. The molecule has 0 amide bonds. The van der Waals surface area contributed by atoms with E-state index in [-0.39, 0.29) is 12.2 Å². The Morgan fingerprint density at radius 1 is 1.21 bits per heavy atom. The van der Waals surface area contributed by atoms with Crippen LogP contribution in [0.3, 0.4) is 0 Å². The summed E-state index contributed by atoms with van der Waals surface area (Å²) >= 11 is 7.24. The SMILES string of the molecule is COc1cc(C#N)ccc1OC(=O)Cc1csc(COc2ccc(Cl)cc2)n1. The van der Waals surface area contributed by atoms with Crippen molar-refractivity contribution < 1.29 is 19.0 Å². The highest BCUT2D eigenvalue weighted by Gasteiger charge is 2.14. The molecule has 1 heterocycles. The molecule has 0 atom stereocenters. The first-order valence-electron chi connectivity index (χ1n) is 8.18. The Morgan fingerprint density at radius 3 is 2.71 bits per heavy atom. The summed E-state index contributed by atoms with van der Waals surface area (Å²) in [6.07, 6.45) is 0.0145. The smallest absolute Gasteiger partial charge is 0.317 e. The van der Waals surface area contributed by atoms with Crippen molar-refractivity contribution in [3.8, 4) is 23.3 Å². The van der Waals surface area contributed by atoms with E-state index < -0.39 is 5.97 Å². The molecule has 0 radical (unpaired) electrons. The molecule has 0 saturated carbocycles. The number of nitriles is 1. The van der Waals surface area contributed by atoms with Crippen molar-refractivity contribution in [1.82, 2.24) is 4.98 Å². The van der Waals surface area contributed by atoms with Crippen molar-refractivity contribution >= 4 is 28.9 Å². The van der Waals surface area contributed by atoms with E-state index in [9.17, 15) is 4.79 Å². The van der Waals surface area contributed by atoms with Crippen molar-refractivity contribution in [2.75, 3.05) is 7.11 Å². The number of methoxy groups -OCH3 is 1. The van der Waals surface area contributed by atoms with Gasteiger partial charge in [0.05, 0.1) is 30.9 Å². The average molecular weight is 415 g/mol. The third kappa shape index (κ3) is 5.22. The van der Waals surface area contributed by atoms with E-state index in [1.807, 2.05) is 6.07 Å². The quantitative estimate of drug-likeness (QED) is 0.421. The van der Waals surface area contributed by atoms with Crippen LogP contribution in [0.1, 0.15) is 16.3 Å². The lowest BCUT2D eigenvalue weighted by molar-refractivity contribution is -0.133. The molecule has 2 aromatic carbocycles. The molecule has 1 aromatic heterocycles. The van der Waals surface area contributed by atoms with Crippen LogP contribution >= 0.6 is 22.9 Å². The Morgan fingerprint density at radius 2 is 2.00 bits per heavy atom. The third-order valence-electron chi connectivity index (χ3n) is 3.62. The van der Waals surface area contributed by atoms with Gasteiger partial charge in [-0.05, 0) is 36.4 Å². The van der Waals surface area contributed by atoms with Gasteiger partial charge >= 0.3 is 5.97 Å². The molecule has 28 heavy (non-hydrogen) atoms. The van der Waals surface area contributed by atoms with Crippen LogP contribution in [0, 0.1) is 11.3 Å². The van der Waals surface area contributed by atoms with E-state index in [1.54, 1.807) is 35.7 Å². The van der Waals surface area contributed by atoms with Crippen LogP contribution < -0.4 is 14.2 Å². The summed E-state index contributed by atoms with van der Waals surface area (Å²) < 4.78 is 16.1. The predicted octanol–water partition coefficient (Wildman–Crippen LogP) is 4.40. The number of esters is 1. The summed E-state index contributed by atoms with van der Waals surface area (Å²) in [4.78, 5) is 16.6. The van der Waals surface area contributed by atoms with Crippen LogP contribution in [0.4, 0.5) is 0 Å². The van der Waals surface area contributed by atoms with E-state index in [2.05, 4.69) is 4.98 Å². The molecule has 142 valence electrons. The second kappa shape index (κ2) is 9.22. The van der Waals surface area contributed by atoms with Gasteiger partial charge in [-0.25, -0.2) is 4.98 Å². The lowest BCUT2D eigenvalue weighted by Gasteiger charge is -2.08. The number of hydrogen-bond acceptors (Lipinski definition) is 7. The van der Waals surface area contributed by atoms with Gasteiger partial charge in [-0.1, -0.05) is 11.6 Å². The number of carbonyl (C=O) groups excluding carboxylic acids is 1. The summed E-state index contributed by atoms with van der Waals surface area (Å²) in [6, 6.07) is 13.6. The molecule has 0 aliphatic heterocycles. The van der Waals surface area contributed by atoms with Crippen LogP contribution in [0.2, 0.25) is 5.02 Å². The van der Waals surface area contributed by atoms with Crippen molar-refractivity contribution in [1.29, 1.82) is 5.26 Å². The highest BCUT2D eigenvalue weighted by molar-refractivity contribution is 7.09. The minimum atomic E-state index is -0.474. The molecule has 0 N–H and O–H groups in total. The summed E-state index contributed by atoms with van der Waals surface area (Å²) in [6.45, 7) is 0.296. The fraction of sp³-hybridized carbons (Fsp3) is 0.150. The summed E-state index contributed by atoms with van der Waals surface area (Å²) in [5.41, 5.74) is 1.01. The van der Waals surface area contributed by atoms with Gasteiger partial charge in [-0.15, -0.1) is 11.3 Å². The fourth-order valence-corrected chi connectivity index (χ4v) is 3.13. The van der Waals surface area contributed by atoms with Gasteiger partial charge in [0, 0.05) is 16.5 Å².